The number of aromatic amines is 1. The molecule has 4 rings (SSSR count). The lowest BCUT2D eigenvalue weighted by molar-refractivity contribution is -0.132. The van der Waals surface area contributed by atoms with Gasteiger partial charge in [-0.3, -0.25) is 14.7 Å². The summed E-state index contributed by atoms with van der Waals surface area (Å²) in [6.45, 7) is 4.38. The molecule has 1 aliphatic rings. The number of nitrogens with zero attached hydrogens (tertiary/aromatic N) is 3. The highest BCUT2D eigenvalue weighted by Gasteiger charge is 2.21. The number of hydrogen-bond acceptors (Lipinski definition) is 3. The Bertz CT molecular complexity index is 866. The van der Waals surface area contributed by atoms with E-state index in [4.69, 9.17) is 0 Å². The van der Waals surface area contributed by atoms with Gasteiger partial charge in [0.25, 0.3) is 0 Å². The van der Waals surface area contributed by atoms with Crippen LogP contribution in [0.15, 0.2) is 55.0 Å². The molecule has 3 heterocycles. The molecular weight excluding hydrogens is 324 g/mol. The number of aryl methyl sites for hydroxylation is 1. The van der Waals surface area contributed by atoms with Gasteiger partial charge in [-0.25, -0.2) is 0 Å². The molecule has 1 saturated heterocycles. The van der Waals surface area contributed by atoms with Crippen molar-refractivity contribution in [1.29, 1.82) is 0 Å². The van der Waals surface area contributed by atoms with Crippen molar-refractivity contribution in [3.8, 4) is 0 Å². The number of carbonyl (C=O) groups is 1. The molecule has 0 spiro atoms. The topological polar surface area (TPSA) is 52.2 Å². The molecule has 1 fully saturated rings. The van der Waals surface area contributed by atoms with E-state index in [1.807, 2.05) is 35.5 Å². The van der Waals surface area contributed by atoms with E-state index in [0.717, 1.165) is 44.7 Å². The minimum absolute atomic E-state index is 0.260. The van der Waals surface area contributed by atoms with Gasteiger partial charge in [-0.15, -0.1) is 0 Å². The molecular formula is C21H24N4O. The molecule has 5 heteroatoms. The van der Waals surface area contributed by atoms with Crippen molar-refractivity contribution in [3.63, 3.8) is 0 Å². The molecule has 0 unspecified atom stereocenters. The number of pyridine rings is 1. The number of para-hydroxylation sites is 1. The summed E-state index contributed by atoms with van der Waals surface area (Å²) in [4.78, 5) is 24.4. The van der Waals surface area contributed by atoms with Gasteiger partial charge in [0.2, 0.25) is 5.91 Å². The maximum Gasteiger partial charge on any atom is 0.222 e. The third-order valence-corrected chi connectivity index (χ3v) is 5.14. The first-order chi connectivity index (χ1) is 12.8. The summed E-state index contributed by atoms with van der Waals surface area (Å²) < 4.78 is 0. The molecule has 1 amide bonds. The van der Waals surface area contributed by atoms with Gasteiger partial charge in [0.1, 0.15) is 0 Å². The van der Waals surface area contributed by atoms with Crippen LogP contribution in [0.2, 0.25) is 0 Å². The zero-order chi connectivity index (χ0) is 17.8. The Morgan fingerprint density at radius 3 is 2.73 bits per heavy atom. The largest absolute Gasteiger partial charge is 0.361 e. The van der Waals surface area contributed by atoms with Crippen LogP contribution in [0.3, 0.4) is 0 Å². The lowest BCUT2D eigenvalue weighted by atomic mass is 10.1. The number of aromatic nitrogens is 2. The van der Waals surface area contributed by atoms with Gasteiger partial charge in [0.15, 0.2) is 0 Å². The summed E-state index contributed by atoms with van der Waals surface area (Å²) in [5.41, 5.74) is 3.59. The molecule has 5 nitrogen and oxygen atoms in total. The molecule has 1 aliphatic heterocycles. The van der Waals surface area contributed by atoms with Crippen LogP contribution < -0.4 is 0 Å². The standard InChI is InChI=1S/C21H24N4O/c26-21(8-7-18-15-23-20-6-2-1-5-19(18)20)25-12-10-24(11-13-25)16-17-4-3-9-22-14-17/h1-6,9,14-15,23H,7-8,10-13,16H2. The minimum atomic E-state index is 0.260. The number of benzene rings is 1. The minimum Gasteiger partial charge on any atom is -0.361 e. The number of nitrogens with one attached hydrogen (secondary N) is 1. The fraction of sp³-hybridized carbons (Fsp3) is 0.333. The molecule has 1 aromatic carbocycles. The molecule has 0 radical (unpaired) electrons. The average molecular weight is 348 g/mol. The molecule has 134 valence electrons. The van der Waals surface area contributed by atoms with Crippen molar-refractivity contribution >= 4 is 16.8 Å². The second-order valence-corrected chi connectivity index (χ2v) is 6.88. The molecule has 0 atom stereocenters. The van der Waals surface area contributed by atoms with Crippen LogP contribution in [-0.4, -0.2) is 51.9 Å². The van der Waals surface area contributed by atoms with E-state index in [1.54, 1.807) is 6.20 Å². The van der Waals surface area contributed by atoms with Crippen molar-refractivity contribution in [2.24, 2.45) is 0 Å². The van der Waals surface area contributed by atoms with Gasteiger partial charge in [0, 0.05) is 68.6 Å². The highest BCUT2D eigenvalue weighted by Crippen LogP contribution is 2.19. The Morgan fingerprint density at radius 1 is 1.08 bits per heavy atom. The van der Waals surface area contributed by atoms with Crippen LogP contribution in [0, 0.1) is 0 Å². The number of amides is 1. The maximum atomic E-state index is 12.6. The third-order valence-electron chi connectivity index (χ3n) is 5.14. The summed E-state index contributed by atoms with van der Waals surface area (Å²) in [5, 5.41) is 1.22. The van der Waals surface area contributed by atoms with E-state index in [9.17, 15) is 4.79 Å². The second kappa shape index (κ2) is 7.70. The summed E-state index contributed by atoms with van der Waals surface area (Å²) in [6.07, 6.45) is 7.11. The Hall–Kier alpha value is -2.66. The highest BCUT2D eigenvalue weighted by molar-refractivity contribution is 5.84. The average Bonchev–Trinajstić information content (AvgIpc) is 3.11. The number of piperazine rings is 1. The van der Waals surface area contributed by atoms with Gasteiger partial charge in [-0.05, 0) is 29.7 Å². The van der Waals surface area contributed by atoms with Crippen molar-refractivity contribution in [2.75, 3.05) is 26.2 Å². The molecule has 26 heavy (non-hydrogen) atoms. The predicted molar refractivity (Wildman–Crippen MR) is 103 cm³/mol. The monoisotopic (exact) mass is 348 g/mol. The number of fused-ring (bicyclic) bond motifs is 1. The molecule has 0 saturated carbocycles. The fourth-order valence-electron chi connectivity index (χ4n) is 3.64. The predicted octanol–water partition coefficient (Wildman–Crippen LogP) is 2.84. The van der Waals surface area contributed by atoms with E-state index in [0.29, 0.717) is 6.42 Å². The molecule has 0 aliphatic carbocycles. The number of carbonyl (C=O) groups excluding carboxylic acids is 1. The number of rotatable bonds is 5. The van der Waals surface area contributed by atoms with Crippen molar-refractivity contribution in [2.45, 2.75) is 19.4 Å². The Kier molecular flexibility index (Phi) is 4.97. The first-order valence-electron chi connectivity index (χ1n) is 9.23. The maximum absolute atomic E-state index is 12.6. The third kappa shape index (κ3) is 3.78. The van der Waals surface area contributed by atoms with E-state index in [-0.39, 0.29) is 5.91 Å². The Labute approximate surface area is 153 Å². The van der Waals surface area contributed by atoms with E-state index in [1.165, 1.54) is 16.5 Å². The summed E-state index contributed by atoms with van der Waals surface area (Å²) in [6, 6.07) is 12.3. The SMILES string of the molecule is O=C(CCc1c[nH]c2ccccc12)N1CCN(Cc2cccnc2)CC1. The second-order valence-electron chi connectivity index (χ2n) is 6.88. The van der Waals surface area contributed by atoms with Gasteiger partial charge in [-0.2, -0.15) is 0 Å². The van der Waals surface area contributed by atoms with Crippen LogP contribution in [-0.2, 0) is 17.8 Å². The van der Waals surface area contributed by atoms with Crippen LogP contribution in [0.1, 0.15) is 17.5 Å². The first-order valence-corrected chi connectivity index (χ1v) is 9.23. The molecule has 1 N–H and O–H groups in total. The lowest BCUT2D eigenvalue weighted by Gasteiger charge is -2.34. The molecule has 0 bridgehead atoms. The van der Waals surface area contributed by atoms with E-state index >= 15 is 0 Å². The summed E-state index contributed by atoms with van der Waals surface area (Å²) >= 11 is 0. The van der Waals surface area contributed by atoms with Crippen LogP contribution in [0.4, 0.5) is 0 Å². The van der Waals surface area contributed by atoms with Gasteiger partial charge < -0.3 is 9.88 Å². The summed E-state index contributed by atoms with van der Waals surface area (Å²) in [5.74, 6) is 0.260. The van der Waals surface area contributed by atoms with Crippen LogP contribution >= 0.6 is 0 Å². The van der Waals surface area contributed by atoms with Crippen molar-refractivity contribution < 1.29 is 4.79 Å². The van der Waals surface area contributed by atoms with Crippen LogP contribution in [0.5, 0.6) is 0 Å². The zero-order valence-electron chi connectivity index (χ0n) is 14.9. The van der Waals surface area contributed by atoms with E-state index < -0.39 is 0 Å². The number of hydrogen-bond donors (Lipinski definition) is 1. The smallest absolute Gasteiger partial charge is 0.222 e. The van der Waals surface area contributed by atoms with Gasteiger partial charge in [0.05, 0.1) is 0 Å². The normalized spacial score (nSPS) is 15.5. The Balaban J connectivity index is 1.27. The number of H-pyrrole nitrogens is 1. The van der Waals surface area contributed by atoms with Crippen LogP contribution in [0.25, 0.3) is 10.9 Å². The zero-order valence-corrected chi connectivity index (χ0v) is 14.9. The van der Waals surface area contributed by atoms with Crippen molar-refractivity contribution in [3.05, 3.63) is 66.1 Å². The van der Waals surface area contributed by atoms with Gasteiger partial charge >= 0.3 is 0 Å². The molecule has 2 aromatic heterocycles. The fourth-order valence-corrected chi connectivity index (χ4v) is 3.64. The Morgan fingerprint density at radius 2 is 1.92 bits per heavy atom. The first kappa shape index (κ1) is 16.8. The summed E-state index contributed by atoms with van der Waals surface area (Å²) in [7, 11) is 0. The molecule has 3 aromatic rings. The van der Waals surface area contributed by atoms with E-state index in [2.05, 4.69) is 33.1 Å². The quantitative estimate of drug-likeness (QED) is 0.771. The lowest BCUT2D eigenvalue weighted by Crippen LogP contribution is -2.48. The highest BCUT2D eigenvalue weighted by atomic mass is 16.2. The van der Waals surface area contributed by atoms with Crippen molar-refractivity contribution in [1.82, 2.24) is 19.8 Å². The van der Waals surface area contributed by atoms with Gasteiger partial charge in [-0.1, -0.05) is 24.3 Å².